The molecule has 2 aliphatic heterocycles. The van der Waals surface area contributed by atoms with E-state index < -0.39 is 68.7 Å². The van der Waals surface area contributed by atoms with Gasteiger partial charge in [0.05, 0.1) is 62.6 Å². The minimum atomic E-state index is -4.28. The van der Waals surface area contributed by atoms with Crippen molar-refractivity contribution in [2.45, 2.75) is 82.6 Å². The number of benzene rings is 6. The second-order valence-electron chi connectivity index (χ2n) is 19.1. The van der Waals surface area contributed by atoms with Crippen LogP contribution in [-0.2, 0) is 84.3 Å². The summed E-state index contributed by atoms with van der Waals surface area (Å²) in [5.41, 5.74) is 3.85. The van der Waals surface area contributed by atoms with E-state index >= 15 is 0 Å². The molecule has 2 N–H and O–H groups in total. The number of rotatable bonds is 29. The Morgan fingerprint density at radius 1 is 0.623 bits per heavy atom. The SMILES string of the molecule is CC(C)CN(C[C@@H](O)[C@H](Cc1ccc(OCP(=O)(OCc2ccccc2)OCc2ccccc2)cc1)NC(=O)OC1CO[C@H]2OCC[C@@H]12)S(=O)(=O)c1ccc(OCP(=O)(OCc2ccccc2)OCc2ccccc2)cc1. The molecule has 1 amide bonds. The number of ether oxygens (including phenoxy) is 5. The van der Waals surface area contributed by atoms with Gasteiger partial charge in [-0.1, -0.05) is 147 Å². The summed E-state index contributed by atoms with van der Waals surface area (Å²) in [6.45, 7) is 4.06. The standard InChI is InChI=1S/C57H66N2O15P2S/c1-43(2)34-59(77(64,65)51-29-27-50(28-30-51)69-42-76(63,72-38-47-19-11-5-12-20-47)73-39-48-21-13-6-14-22-48)35-54(60)53(58-57(61)74-55-40-67-56-52(55)31-32-66-56)33-44-23-25-49(26-24-44)68-41-75(62,70-36-45-15-7-3-8-16-45)71-37-46-17-9-4-10-18-46/h3-30,43,52-56,60H,31-42H2,1-2H3,(H,58,61)/t52-,53-,54+,55?,56+/m0/s1. The molecule has 0 bridgehead atoms. The number of nitrogens with one attached hydrogen (secondary N) is 1. The first-order valence-electron chi connectivity index (χ1n) is 25.5. The molecular formula is C57H66N2O15P2S. The molecule has 0 aliphatic carbocycles. The highest BCUT2D eigenvalue weighted by atomic mass is 32.2. The van der Waals surface area contributed by atoms with Crippen LogP contribution in [0.25, 0.3) is 0 Å². The topological polar surface area (TPSA) is 204 Å². The summed E-state index contributed by atoms with van der Waals surface area (Å²) in [7, 11) is -11.9. The van der Waals surface area contributed by atoms with Crippen LogP contribution in [0, 0.1) is 11.8 Å². The van der Waals surface area contributed by atoms with Gasteiger partial charge in [0.2, 0.25) is 10.0 Å². The number of nitrogens with zero attached hydrogens (tertiary/aromatic N) is 1. The first-order chi connectivity index (χ1) is 37.2. The lowest BCUT2D eigenvalue weighted by atomic mass is 10.0. The third kappa shape index (κ3) is 17.4. The Labute approximate surface area is 450 Å². The van der Waals surface area contributed by atoms with E-state index in [1.165, 1.54) is 28.6 Å². The molecular weight excluding hydrogens is 1050 g/mol. The van der Waals surface area contributed by atoms with Crippen molar-refractivity contribution in [3.8, 4) is 11.5 Å². The average Bonchev–Trinajstić information content (AvgIpc) is 4.10. The lowest BCUT2D eigenvalue weighted by Crippen LogP contribution is -2.51. The number of aliphatic hydroxyl groups excluding tert-OH is 1. The van der Waals surface area contributed by atoms with Crippen LogP contribution in [0.3, 0.4) is 0 Å². The number of amides is 1. The van der Waals surface area contributed by atoms with Gasteiger partial charge in [0, 0.05) is 13.1 Å². The van der Waals surface area contributed by atoms with Crippen molar-refractivity contribution in [1.82, 2.24) is 9.62 Å². The molecule has 0 spiro atoms. The molecule has 17 nitrogen and oxygen atoms in total. The van der Waals surface area contributed by atoms with Gasteiger partial charge in [0.1, 0.15) is 17.6 Å². The second-order valence-corrected chi connectivity index (χ2v) is 25.1. The van der Waals surface area contributed by atoms with Gasteiger partial charge in [0.25, 0.3) is 0 Å². The summed E-state index contributed by atoms with van der Waals surface area (Å²) in [5.74, 6) is 0.256. The van der Waals surface area contributed by atoms with Crippen molar-refractivity contribution in [1.29, 1.82) is 0 Å². The number of hydrogen-bond donors (Lipinski definition) is 2. The molecule has 0 radical (unpaired) electrons. The molecule has 20 heteroatoms. The number of sulfonamides is 1. The molecule has 410 valence electrons. The maximum Gasteiger partial charge on any atom is 0.407 e. The van der Waals surface area contributed by atoms with Crippen LogP contribution in [0.5, 0.6) is 11.5 Å². The summed E-state index contributed by atoms with van der Waals surface area (Å²) < 4.78 is 111. The molecule has 6 aromatic carbocycles. The highest BCUT2D eigenvalue weighted by Crippen LogP contribution is 2.51. The van der Waals surface area contributed by atoms with E-state index in [2.05, 4.69) is 5.32 Å². The van der Waals surface area contributed by atoms with Crippen LogP contribution >= 0.6 is 15.2 Å². The average molecular weight is 1110 g/mol. The van der Waals surface area contributed by atoms with Gasteiger partial charge in [-0.3, -0.25) is 9.13 Å². The van der Waals surface area contributed by atoms with Crippen LogP contribution in [0.2, 0.25) is 0 Å². The third-order valence-corrected chi connectivity index (χ3v) is 17.5. The predicted molar refractivity (Wildman–Crippen MR) is 288 cm³/mol. The van der Waals surface area contributed by atoms with Crippen molar-refractivity contribution in [3.63, 3.8) is 0 Å². The van der Waals surface area contributed by atoms with Crippen LogP contribution in [0.15, 0.2) is 175 Å². The minimum absolute atomic E-state index is 0.0132. The molecule has 0 saturated carbocycles. The quantitative estimate of drug-likeness (QED) is 0.0419. The fourth-order valence-electron chi connectivity index (χ4n) is 8.52. The number of fused-ring (bicyclic) bond motifs is 1. The van der Waals surface area contributed by atoms with Gasteiger partial charge in [-0.05, 0) is 83.0 Å². The number of aliphatic hydroxyl groups is 1. The van der Waals surface area contributed by atoms with E-state index in [0.29, 0.717) is 24.3 Å². The molecule has 2 saturated heterocycles. The van der Waals surface area contributed by atoms with E-state index in [1.54, 1.807) is 24.3 Å². The Balaban J connectivity index is 0.944. The van der Waals surface area contributed by atoms with Gasteiger partial charge >= 0.3 is 21.3 Å². The summed E-state index contributed by atoms with van der Waals surface area (Å²) in [6.07, 6.45) is -3.45. The van der Waals surface area contributed by atoms with Crippen LogP contribution in [-0.4, -0.2) is 87.5 Å². The van der Waals surface area contributed by atoms with Gasteiger partial charge < -0.3 is 52.2 Å². The smallest absolute Gasteiger partial charge is 0.407 e. The van der Waals surface area contributed by atoms with Gasteiger partial charge in [-0.2, -0.15) is 4.31 Å². The number of carbonyl (C=O) groups excluding carboxylic acids is 1. The van der Waals surface area contributed by atoms with E-state index in [0.717, 1.165) is 22.3 Å². The lowest BCUT2D eigenvalue weighted by molar-refractivity contribution is -0.0907. The van der Waals surface area contributed by atoms with Gasteiger partial charge in [0.15, 0.2) is 19.0 Å². The van der Waals surface area contributed by atoms with Crippen LogP contribution < -0.4 is 14.8 Å². The van der Waals surface area contributed by atoms with Gasteiger partial charge in [-0.15, -0.1) is 0 Å². The van der Waals surface area contributed by atoms with E-state index in [9.17, 15) is 27.4 Å². The van der Waals surface area contributed by atoms with E-state index in [4.69, 9.17) is 41.8 Å². The van der Waals surface area contributed by atoms with Crippen molar-refractivity contribution in [2.24, 2.45) is 11.8 Å². The summed E-state index contributed by atoms with van der Waals surface area (Å²) in [5, 5.41) is 14.9. The Morgan fingerprint density at radius 2 is 1.06 bits per heavy atom. The molecule has 2 fully saturated rings. The molecule has 0 aromatic heterocycles. The fourth-order valence-corrected chi connectivity index (χ4v) is 12.6. The Hall–Kier alpha value is -5.72. The van der Waals surface area contributed by atoms with E-state index in [1.807, 2.05) is 135 Å². The summed E-state index contributed by atoms with van der Waals surface area (Å²) in [6, 6.07) is 48.4. The van der Waals surface area contributed by atoms with Gasteiger partial charge in [-0.25, -0.2) is 13.2 Å². The van der Waals surface area contributed by atoms with Crippen LogP contribution in [0.1, 0.15) is 48.1 Å². The molecule has 77 heavy (non-hydrogen) atoms. The van der Waals surface area contributed by atoms with Crippen molar-refractivity contribution < 1.29 is 69.2 Å². The number of hydrogen-bond acceptors (Lipinski definition) is 15. The Morgan fingerprint density at radius 3 is 1.51 bits per heavy atom. The Bertz CT molecular complexity index is 2870. The number of alkyl carbamates (subject to hydrolysis) is 1. The predicted octanol–water partition coefficient (Wildman–Crippen LogP) is 10.7. The maximum absolute atomic E-state index is 14.5. The summed E-state index contributed by atoms with van der Waals surface area (Å²) >= 11 is 0. The van der Waals surface area contributed by atoms with Crippen molar-refractivity contribution in [2.75, 3.05) is 39.0 Å². The fraction of sp³-hybridized carbons (Fsp3) is 0.351. The normalized spacial score (nSPS) is 17.4. The summed E-state index contributed by atoms with van der Waals surface area (Å²) in [4.78, 5) is 13.6. The highest BCUT2D eigenvalue weighted by molar-refractivity contribution is 7.89. The largest absolute Gasteiger partial charge is 0.481 e. The monoisotopic (exact) mass is 1110 g/mol. The molecule has 1 unspecified atom stereocenters. The molecule has 8 rings (SSSR count). The molecule has 2 aliphatic rings. The third-order valence-electron chi connectivity index (χ3n) is 12.7. The molecule has 2 heterocycles. The maximum atomic E-state index is 14.5. The second kappa shape index (κ2) is 27.7. The molecule has 6 aromatic rings. The van der Waals surface area contributed by atoms with Crippen molar-refractivity contribution >= 4 is 31.3 Å². The zero-order valence-electron chi connectivity index (χ0n) is 43.0. The molecule has 5 atom stereocenters. The minimum Gasteiger partial charge on any atom is -0.481 e. The Kier molecular flexibility index (Phi) is 20.7. The first kappa shape index (κ1) is 57.5. The highest BCUT2D eigenvalue weighted by Gasteiger charge is 2.44. The van der Waals surface area contributed by atoms with Crippen molar-refractivity contribution in [3.05, 3.63) is 198 Å². The lowest BCUT2D eigenvalue weighted by Gasteiger charge is -2.31. The number of carbonyl (C=O) groups is 1. The zero-order valence-corrected chi connectivity index (χ0v) is 45.6. The zero-order chi connectivity index (χ0) is 54.1. The van der Waals surface area contributed by atoms with E-state index in [-0.39, 0.29) is 74.8 Å². The van der Waals surface area contributed by atoms with Crippen LogP contribution in [0.4, 0.5) is 4.79 Å². The first-order valence-corrected chi connectivity index (χ1v) is 30.4.